The number of aryl methyl sites for hydroxylation is 1. The van der Waals surface area contributed by atoms with E-state index in [1.165, 1.54) is 28.4 Å². The fraction of sp³-hybridized carbons (Fsp3) is 0.318. The Bertz CT molecular complexity index is 1000. The second-order valence-electron chi connectivity index (χ2n) is 6.51. The minimum atomic E-state index is -0.869. The second-order valence-corrected chi connectivity index (χ2v) is 6.51. The number of rotatable bonds is 10. The lowest BCUT2D eigenvalue weighted by Crippen LogP contribution is -2.29. The Morgan fingerprint density at radius 3 is 2.34 bits per heavy atom. The first-order valence-corrected chi connectivity index (χ1v) is 9.51. The number of hydrogen-bond donors (Lipinski definition) is 1. The number of carbonyl (C=O) groups excluding carboxylic acids is 1. The highest BCUT2D eigenvalue weighted by Crippen LogP contribution is 2.22. The van der Waals surface area contributed by atoms with Gasteiger partial charge in [0, 0.05) is 37.4 Å². The van der Waals surface area contributed by atoms with E-state index in [0.29, 0.717) is 11.1 Å². The maximum Gasteiger partial charge on any atom is 0.273 e. The van der Waals surface area contributed by atoms with Crippen molar-refractivity contribution in [1.29, 1.82) is 0 Å². The van der Waals surface area contributed by atoms with Gasteiger partial charge in [0.25, 0.3) is 5.91 Å². The number of benzene rings is 2. The molecule has 10 heteroatoms. The number of methoxy groups -OCH3 is 2. The van der Waals surface area contributed by atoms with Crippen molar-refractivity contribution in [3.63, 3.8) is 0 Å². The number of hydrogen-bond acceptors (Lipinski definition) is 7. The van der Waals surface area contributed by atoms with Crippen molar-refractivity contribution in [3.05, 3.63) is 64.2 Å². The van der Waals surface area contributed by atoms with Crippen LogP contribution in [0, 0.1) is 18.6 Å². The number of nitrogens with zero attached hydrogens (tertiary/aromatic N) is 2. The molecular weight excluding hydrogens is 424 g/mol. The number of oxime groups is 2. The predicted octanol–water partition coefficient (Wildman–Crippen LogP) is 2.95. The fourth-order valence-corrected chi connectivity index (χ4v) is 2.94. The van der Waals surface area contributed by atoms with E-state index in [-0.39, 0.29) is 36.0 Å². The Morgan fingerprint density at radius 2 is 1.78 bits per heavy atom. The molecule has 32 heavy (non-hydrogen) atoms. The van der Waals surface area contributed by atoms with E-state index in [9.17, 15) is 13.6 Å². The smallest absolute Gasteiger partial charge is 0.273 e. The van der Waals surface area contributed by atoms with Crippen LogP contribution in [0.3, 0.4) is 0 Å². The van der Waals surface area contributed by atoms with Crippen LogP contribution >= 0.6 is 0 Å². The highest BCUT2D eigenvalue weighted by atomic mass is 19.1. The second kappa shape index (κ2) is 11.8. The zero-order chi connectivity index (χ0) is 23.7. The molecule has 0 fully saturated rings. The molecule has 1 N–H and O–H groups in total. The van der Waals surface area contributed by atoms with Crippen molar-refractivity contribution in [3.8, 4) is 5.75 Å². The van der Waals surface area contributed by atoms with E-state index >= 15 is 0 Å². The SMILES string of the molecule is CNC(=O)/C(=N/OC)c1cccc(C)c1CO/N=C(\COC)c1c(F)cc(OC)cc1F. The van der Waals surface area contributed by atoms with Crippen LogP contribution in [0.25, 0.3) is 0 Å². The van der Waals surface area contributed by atoms with Crippen LogP contribution in [0.4, 0.5) is 8.78 Å². The van der Waals surface area contributed by atoms with Gasteiger partial charge in [0.05, 0.1) is 19.3 Å². The minimum Gasteiger partial charge on any atom is -0.497 e. The van der Waals surface area contributed by atoms with Crippen LogP contribution < -0.4 is 10.1 Å². The van der Waals surface area contributed by atoms with Gasteiger partial charge in [0.15, 0.2) is 5.71 Å². The molecule has 2 rings (SSSR count). The Morgan fingerprint density at radius 1 is 1.09 bits per heavy atom. The molecule has 0 saturated heterocycles. The van der Waals surface area contributed by atoms with Crippen LogP contribution in [-0.4, -0.2) is 52.3 Å². The molecule has 0 aromatic heterocycles. The van der Waals surface area contributed by atoms with Crippen LogP contribution in [0.1, 0.15) is 22.3 Å². The Balaban J connectivity index is 2.41. The van der Waals surface area contributed by atoms with Crippen molar-refractivity contribution < 1.29 is 32.7 Å². The summed E-state index contributed by atoms with van der Waals surface area (Å²) in [5.41, 5.74) is 1.44. The largest absolute Gasteiger partial charge is 0.497 e. The lowest BCUT2D eigenvalue weighted by Gasteiger charge is -2.14. The van der Waals surface area contributed by atoms with E-state index in [0.717, 1.165) is 17.7 Å². The van der Waals surface area contributed by atoms with Crippen LogP contribution in [-0.2, 0) is 25.8 Å². The van der Waals surface area contributed by atoms with Crippen molar-refractivity contribution in [2.24, 2.45) is 10.3 Å². The van der Waals surface area contributed by atoms with Gasteiger partial charge in [-0.15, -0.1) is 0 Å². The van der Waals surface area contributed by atoms with E-state index < -0.39 is 17.5 Å². The summed E-state index contributed by atoms with van der Waals surface area (Å²) in [7, 11) is 5.47. The molecule has 1 amide bonds. The summed E-state index contributed by atoms with van der Waals surface area (Å²) in [5, 5.41) is 10.2. The van der Waals surface area contributed by atoms with E-state index in [1.54, 1.807) is 12.1 Å². The fourth-order valence-electron chi connectivity index (χ4n) is 2.94. The zero-order valence-corrected chi connectivity index (χ0v) is 18.5. The standard InChI is InChI=1S/C22H25F2N3O5/c1-13-7-6-8-15(21(27-31-5)22(28)25-2)16(13)11-32-26-19(12-29-3)20-17(23)9-14(30-4)10-18(20)24/h6-10H,11-12H2,1-5H3,(H,25,28)/b26-19+,27-21+. The summed E-state index contributed by atoms with van der Waals surface area (Å²) in [6, 6.07) is 7.34. The number of ether oxygens (including phenoxy) is 2. The predicted molar refractivity (Wildman–Crippen MR) is 115 cm³/mol. The lowest BCUT2D eigenvalue weighted by atomic mass is 9.98. The molecule has 0 aliphatic rings. The van der Waals surface area contributed by atoms with Crippen molar-refractivity contribution >= 4 is 17.3 Å². The van der Waals surface area contributed by atoms with Gasteiger partial charge >= 0.3 is 0 Å². The Labute approximate surface area is 184 Å². The van der Waals surface area contributed by atoms with E-state index in [1.807, 2.05) is 13.0 Å². The molecule has 0 atom stereocenters. The normalized spacial score (nSPS) is 11.8. The van der Waals surface area contributed by atoms with Gasteiger partial charge in [0.1, 0.15) is 36.8 Å². The molecule has 0 bridgehead atoms. The quantitative estimate of drug-likeness (QED) is 0.445. The molecular formula is C22H25F2N3O5. The summed E-state index contributed by atoms with van der Waals surface area (Å²) in [6.07, 6.45) is 0. The van der Waals surface area contributed by atoms with Crippen molar-refractivity contribution in [1.82, 2.24) is 5.32 Å². The third kappa shape index (κ3) is 5.79. The van der Waals surface area contributed by atoms with Gasteiger partial charge < -0.3 is 24.5 Å². The number of halogens is 2. The van der Waals surface area contributed by atoms with E-state index in [2.05, 4.69) is 15.6 Å². The third-order valence-corrected chi connectivity index (χ3v) is 4.49. The molecule has 0 saturated carbocycles. The molecule has 0 heterocycles. The number of amides is 1. The highest BCUT2D eigenvalue weighted by molar-refractivity contribution is 6.45. The van der Waals surface area contributed by atoms with Gasteiger partial charge in [-0.05, 0) is 12.5 Å². The van der Waals surface area contributed by atoms with Crippen LogP contribution in [0.2, 0.25) is 0 Å². The van der Waals surface area contributed by atoms with Crippen LogP contribution in [0.5, 0.6) is 5.75 Å². The van der Waals surface area contributed by atoms with Gasteiger partial charge in [0.2, 0.25) is 0 Å². The molecule has 0 aliphatic carbocycles. The summed E-state index contributed by atoms with van der Waals surface area (Å²) in [4.78, 5) is 22.5. The lowest BCUT2D eigenvalue weighted by molar-refractivity contribution is -0.114. The number of carbonyl (C=O) groups is 1. The molecule has 2 aromatic rings. The van der Waals surface area contributed by atoms with Gasteiger partial charge in [-0.25, -0.2) is 8.78 Å². The topological polar surface area (TPSA) is 90.7 Å². The first kappa shape index (κ1) is 24.7. The van der Waals surface area contributed by atoms with Gasteiger partial charge in [-0.2, -0.15) is 0 Å². The minimum absolute atomic E-state index is 0.0325. The highest BCUT2D eigenvalue weighted by Gasteiger charge is 2.21. The summed E-state index contributed by atoms with van der Waals surface area (Å²) < 4.78 is 38.9. The molecule has 0 spiro atoms. The summed E-state index contributed by atoms with van der Waals surface area (Å²) >= 11 is 0. The summed E-state index contributed by atoms with van der Waals surface area (Å²) in [5.74, 6) is -2.16. The van der Waals surface area contributed by atoms with E-state index in [4.69, 9.17) is 19.1 Å². The van der Waals surface area contributed by atoms with Crippen molar-refractivity contribution in [2.75, 3.05) is 35.0 Å². The van der Waals surface area contributed by atoms with Crippen molar-refractivity contribution in [2.45, 2.75) is 13.5 Å². The average molecular weight is 449 g/mol. The Kier molecular flexibility index (Phi) is 9.08. The zero-order valence-electron chi connectivity index (χ0n) is 18.5. The number of likely N-dealkylation sites (N-methyl/N-ethyl adjacent to an activating group) is 1. The third-order valence-electron chi connectivity index (χ3n) is 4.49. The molecule has 172 valence electrons. The van der Waals surface area contributed by atoms with Gasteiger partial charge in [-0.3, -0.25) is 4.79 Å². The van der Waals surface area contributed by atoms with Crippen LogP contribution in [0.15, 0.2) is 40.6 Å². The molecule has 2 aromatic carbocycles. The first-order chi connectivity index (χ1) is 15.4. The maximum atomic E-state index is 14.5. The molecule has 0 unspecified atom stereocenters. The molecule has 0 radical (unpaired) electrons. The van der Waals surface area contributed by atoms with Gasteiger partial charge in [-0.1, -0.05) is 28.5 Å². The Hall–Kier alpha value is -3.53. The molecule has 0 aliphatic heterocycles. The summed E-state index contributed by atoms with van der Waals surface area (Å²) in [6.45, 7) is 1.52. The number of nitrogens with one attached hydrogen (secondary N) is 1. The average Bonchev–Trinajstić information content (AvgIpc) is 2.77. The monoisotopic (exact) mass is 449 g/mol. The first-order valence-electron chi connectivity index (χ1n) is 9.51. The molecule has 8 nitrogen and oxygen atoms in total. The maximum absolute atomic E-state index is 14.5.